The van der Waals surface area contributed by atoms with E-state index in [4.69, 9.17) is 4.99 Å². The molecule has 0 fully saturated rings. The number of hydrogen-bond donors (Lipinski definition) is 1. The molecule has 29 heavy (non-hydrogen) atoms. The Morgan fingerprint density at radius 1 is 1.00 bits per heavy atom. The summed E-state index contributed by atoms with van der Waals surface area (Å²) in [5.74, 6) is 0.630. The van der Waals surface area contributed by atoms with Crippen LogP contribution in [0, 0.1) is 10.1 Å². The van der Waals surface area contributed by atoms with E-state index in [1.807, 2.05) is 54.6 Å². The fourth-order valence-electron chi connectivity index (χ4n) is 4.49. The minimum absolute atomic E-state index is 0.0638. The molecule has 0 saturated carbocycles. The van der Waals surface area contributed by atoms with Gasteiger partial charge in [0.25, 0.3) is 5.69 Å². The largest absolute Gasteiger partial charge is 0.373 e. The second-order valence-electron chi connectivity index (χ2n) is 7.31. The molecule has 1 N–H and O–H groups in total. The fraction of sp³-hybridized carbons (Fsp3) is 0.174. The summed E-state index contributed by atoms with van der Waals surface area (Å²) in [6.07, 6.45) is 0. The van der Waals surface area contributed by atoms with Crippen molar-refractivity contribution < 1.29 is 10.0 Å². The Bertz CT molecular complexity index is 1110. The molecule has 0 unspecified atom stereocenters. The van der Waals surface area contributed by atoms with Crippen LogP contribution >= 0.6 is 0 Å². The van der Waals surface area contributed by atoms with E-state index in [0.29, 0.717) is 18.9 Å². The number of non-ortho nitro benzene ring substituents is 1. The van der Waals surface area contributed by atoms with Gasteiger partial charge in [-0.15, -0.1) is 0 Å². The summed E-state index contributed by atoms with van der Waals surface area (Å²) >= 11 is 0. The molecular formula is C23H19N3O3. The average molecular weight is 385 g/mol. The quantitative estimate of drug-likeness (QED) is 0.551. The van der Waals surface area contributed by atoms with E-state index in [1.165, 1.54) is 12.1 Å². The van der Waals surface area contributed by atoms with Gasteiger partial charge in [-0.25, -0.2) is 0 Å². The van der Waals surface area contributed by atoms with Crippen molar-refractivity contribution in [1.82, 2.24) is 4.90 Å². The van der Waals surface area contributed by atoms with Crippen molar-refractivity contribution in [3.63, 3.8) is 0 Å². The molecule has 6 nitrogen and oxygen atoms in total. The van der Waals surface area contributed by atoms with E-state index in [-0.39, 0.29) is 11.7 Å². The summed E-state index contributed by atoms with van der Waals surface area (Å²) < 4.78 is 0. The maximum Gasteiger partial charge on any atom is 0.269 e. The fourth-order valence-corrected chi connectivity index (χ4v) is 4.49. The molecule has 2 atom stereocenters. The van der Waals surface area contributed by atoms with Gasteiger partial charge in [0.2, 0.25) is 0 Å². The van der Waals surface area contributed by atoms with Gasteiger partial charge >= 0.3 is 0 Å². The van der Waals surface area contributed by atoms with Crippen molar-refractivity contribution in [2.24, 2.45) is 4.99 Å². The topological polar surface area (TPSA) is 79.0 Å². The van der Waals surface area contributed by atoms with Gasteiger partial charge in [0, 0.05) is 24.2 Å². The predicted molar refractivity (Wildman–Crippen MR) is 110 cm³/mol. The lowest BCUT2D eigenvalue weighted by Gasteiger charge is -2.45. The number of fused-ring (bicyclic) bond motifs is 2. The van der Waals surface area contributed by atoms with Crippen LogP contribution < -0.4 is 0 Å². The number of benzene rings is 3. The number of hydrogen-bond acceptors (Lipinski definition) is 5. The van der Waals surface area contributed by atoms with Crippen molar-refractivity contribution in [2.75, 3.05) is 13.1 Å². The standard InChI is InChI=1S/C23H19N3O3/c27-23(17-6-2-1-3-7-17)20-9-5-4-8-19(20)21(25-15-14-24-22(23)25)16-10-12-18(13-11-16)26(28)29/h1-13,21,27H,14-15H2/t21-,23-/m1/s1. The molecule has 0 spiro atoms. The smallest absolute Gasteiger partial charge is 0.269 e. The summed E-state index contributed by atoms with van der Waals surface area (Å²) in [4.78, 5) is 17.5. The first-order valence-electron chi connectivity index (χ1n) is 9.54. The summed E-state index contributed by atoms with van der Waals surface area (Å²) in [7, 11) is 0. The molecule has 2 aliphatic rings. The Morgan fingerprint density at radius 3 is 2.41 bits per heavy atom. The molecule has 0 radical (unpaired) electrons. The number of nitro benzene ring substituents is 1. The van der Waals surface area contributed by atoms with Crippen LogP contribution in [-0.4, -0.2) is 33.9 Å². The van der Waals surface area contributed by atoms with E-state index >= 15 is 0 Å². The maximum atomic E-state index is 12.0. The maximum absolute atomic E-state index is 12.0. The third-order valence-electron chi connectivity index (χ3n) is 5.77. The number of nitrogens with zero attached hydrogens (tertiary/aromatic N) is 3. The predicted octanol–water partition coefficient (Wildman–Crippen LogP) is 3.65. The van der Waals surface area contributed by atoms with Gasteiger partial charge in [-0.2, -0.15) is 0 Å². The molecule has 0 amide bonds. The Labute approximate surface area is 167 Å². The van der Waals surface area contributed by atoms with Gasteiger partial charge < -0.3 is 10.0 Å². The first-order chi connectivity index (χ1) is 14.1. The number of rotatable bonds is 3. The molecule has 3 aromatic carbocycles. The van der Waals surface area contributed by atoms with Crippen LogP contribution in [0.4, 0.5) is 5.69 Å². The molecule has 0 saturated heterocycles. The molecule has 3 aromatic rings. The lowest BCUT2D eigenvalue weighted by molar-refractivity contribution is -0.384. The van der Waals surface area contributed by atoms with E-state index in [0.717, 1.165) is 22.3 Å². The molecule has 2 aliphatic heterocycles. The van der Waals surface area contributed by atoms with E-state index in [2.05, 4.69) is 4.90 Å². The zero-order chi connectivity index (χ0) is 20.0. The zero-order valence-corrected chi connectivity index (χ0v) is 15.6. The average Bonchev–Trinajstić information content (AvgIpc) is 3.25. The Balaban J connectivity index is 1.72. The zero-order valence-electron chi connectivity index (χ0n) is 15.6. The summed E-state index contributed by atoms with van der Waals surface area (Å²) in [6, 6.07) is 23.9. The molecule has 0 aliphatic carbocycles. The molecule has 6 heteroatoms. The van der Waals surface area contributed by atoms with Crippen LogP contribution in [-0.2, 0) is 5.60 Å². The molecular weight excluding hydrogens is 366 g/mol. The normalized spacial score (nSPS) is 22.6. The van der Waals surface area contributed by atoms with Gasteiger partial charge in [0.15, 0.2) is 5.60 Å². The van der Waals surface area contributed by atoms with Crippen molar-refractivity contribution in [2.45, 2.75) is 11.6 Å². The Kier molecular flexibility index (Phi) is 3.96. The first kappa shape index (κ1) is 17.6. The van der Waals surface area contributed by atoms with E-state index in [9.17, 15) is 15.2 Å². The van der Waals surface area contributed by atoms with Gasteiger partial charge in [-0.3, -0.25) is 15.1 Å². The van der Waals surface area contributed by atoms with Crippen molar-refractivity contribution in [1.29, 1.82) is 0 Å². The molecule has 5 rings (SSSR count). The molecule has 0 bridgehead atoms. The monoisotopic (exact) mass is 385 g/mol. The van der Waals surface area contributed by atoms with Crippen LogP contribution in [0.5, 0.6) is 0 Å². The minimum atomic E-state index is -1.33. The minimum Gasteiger partial charge on any atom is -0.373 e. The summed E-state index contributed by atoms with van der Waals surface area (Å²) in [6.45, 7) is 1.28. The second-order valence-corrected chi connectivity index (χ2v) is 7.31. The highest BCUT2D eigenvalue weighted by atomic mass is 16.6. The van der Waals surface area contributed by atoms with Crippen LogP contribution in [0.2, 0.25) is 0 Å². The van der Waals surface area contributed by atoms with Crippen LogP contribution in [0.15, 0.2) is 83.9 Å². The highest BCUT2D eigenvalue weighted by Gasteiger charge is 2.50. The molecule has 2 heterocycles. The highest BCUT2D eigenvalue weighted by molar-refractivity contribution is 5.98. The van der Waals surface area contributed by atoms with Crippen molar-refractivity contribution in [3.8, 4) is 0 Å². The van der Waals surface area contributed by atoms with Gasteiger partial charge in [-0.05, 0) is 28.8 Å². The van der Waals surface area contributed by atoms with Gasteiger partial charge in [-0.1, -0.05) is 54.6 Å². The second kappa shape index (κ2) is 6.53. The number of nitro groups is 1. The Morgan fingerprint density at radius 2 is 1.69 bits per heavy atom. The van der Waals surface area contributed by atoms with Crippen LogP contribution in [0.25, 0.3) is 0 Å². The first-order valence-corrected chi connectivity index (χ1v) is 9.54. The highest BCUT2D eigenvalue weighted by Crippen LogP contribution is 2.47. The number of amidine groups is 1. The molecule has 0 aromatic heterocycles. The van der Waals surface area contributed by atoms with E-state index < -0.39 is 10.5 Å². The van der Waals surface area contributed by atoms with Crippen LogP contribution in [0.1, 0.15) is 28.3 Å². The van der Waals surface area contributed by atoms with Gasteiger partial charge in [0.05, 0.1) is 17.5 Å². The lowest BCUT2D eigenvalue weighted by Crippen LogP contribution is -2.52. The summed E-state index contributed by atoms with van der Waals surface area (Å²) in [5, 5.41) is 23.0. The van der Waals surface area contributed by atoms with Gasteiger partial charge in [0.1, 0.15) is 5.84 Å². The lowest BCUT2D eigenvalue weighted by atomic mass is 9.75. The van der Waals surface area contributed by atoms with Crippen molar-refractivity contribution >= 4 is 11.5 Å². The Hall–Kier alpha value is -3.51. The number of aliphatic imine (C=N–C) groups is 1. The third-order valence-corrected chi connectivity index (χ3v) is 5.77. The van der Waals surface area contributed by atoms with Crippen LogP contribution in [0.3, 0.4) is 0 Å². The third kappa shape index (κ3) is 2.57. The number of aliphatic hydroxyl groups is 1. The summed E-state index contributed by atoms with van der Waals surface area (Å²) in [5.41, 5.74) is 2.23. The van der Waals surface area contributed by atoms with Crippen molar-refractivity contribution in [3.05, 3.63) is 111 Å². The molecule has 144 valence electrons. The SMILES string of the molecule is O=[N+]([O-])c1ccc([C@@H]2c3ccccc3[C@](O)(c3ccccc3)C3=NCCN32)cc1. The van der Waals surface area contributed by atoms with E-state index in [1.54, 1.807) is 12.1 Å².